The molecule has 0 spiro atoms. The van der Waals surface area contributed by atoms with E-state index in [1.807, 2.05) is 121 Å². The number of carbonyl (C=O) groups excluding carboxylic acids is 2. The Hall–Kier alpha value is -4.34. The molecule has 1 aliphatic heterocycles. The van der Waals surface area contributed by atoms with Crippen molar-refractivity contribution >= 4 is 11.8 Å². The van der Waals surface area contributed by atoms with E-state index >= 15 is 0 Å². The lowest BCUT2D eigenvalue weighted by atomic mass is 9.97. The lowest BCUT2D eigenvalue weighted by molar-refractivity contribution is -0.162. The predicted octanol–water partition coefficient (Wildman–Crippen LogP) is 3.11. The monoisotopic (exact) mass is 580 g/mol. The van der Waals surface area contributed by atoms with Crippen molar-refractivity contribution in [2.75, 3.05) is 13.2 Å². The highest BCUT2D eigenvalue weighted by molar-refractivity contribution is 5.92. The first kappa shape index (κ1) is 30.1. The highest BCUT2D eigenvalue weighted by Gasteiger charge is 2.55. The maximum Gasteiger partial charge on any atom is 0.252 e. The van der Waals surface area contributed by atoms with Crippen LogP contribution in [0, 0.1) is 0 Å². The molecule has 1 aliphatic rings. The Bertz CT molecular complexity index is 1340. The average Bonchev–Trinajstić information content (AvgIpc) is 3.48. The summed E-state index contributed by atoms with van der Waals surface area (Å²) in [7, 11) is 0. The summed E-state index contributed by atoms with van der Waals surface area (Å²) in [5, 5.41) is 26.0. The molecule has 0 saturated carbocycles. The predicted molar refractivity (Wildman–Crippen MR) is 162 cm³/mol. The first-order valence-corrected chi connectivity index (χ1v) is 14.4. The number of hydrogen-bond acceptors (Lipinski definition) is 6. The van der Waals surface area contributed by atoms with Crippen molar-refractivity contribution in [3.05, 3.63) is 144 Å². The van der Waals surface area contributed by atoms with E-state index in [0.717, 1.165) is 11.1 Å². The molecule has 222 valence electrons. The van der Waals surface area contributed by atoms with Crippen LogP contribution in [0.25, 0.3) is 0 Å². The number of carbonyl (C=O) groups is 2. The molecule has 5 rings (SSSR count). The highest BCUT2D eigenvalue weighted by atomic mass is 16.8. The SMILES string of the molecule is O=C(N[C@H](CO)Cc1ccccc1)[C@@H]1OC(c2ccccc2)(c2ccccc2)O[C@H]1C(=O)N[C@H](CO)Cc1ccccc1. The Morgan fingerprint density at radius 3 is 1.23 bits per heavy atom. The summed E-state index contributed by atoms with van der Waals surface area (Å²) in [6.07, 6.45) is -1.94. The van der Waals surface area contributed by atoms with E-state index in [1.54, 1.807) is 0 Å². The summed E-state index contributed by atoms with van der Waals surface area (Å²) >= 11 is 0. The van der Waals surface area contributed by atoms with Crippen molar-refractivity contribution in [3.63, 3.8) is 0 Å². The Labute approximate surface area is 251 Å². The second kappa shape index (κ2) is 14.2. The maximum atomic E-state index is 13.9. The van der Waals surface area contributed by atoms with Gasteiger partial charge in [-0.25, -0.2) is 0 Å². The Balaban J connectivity index is 1.45. The van der Waals surface area contributed by atoms with Gasteiger partial charge in [0.25, 0.3) is 11.8 Å². The molecule has 4 aromatic rings. The van der Waals surface area contributed by atoms with Crippen molar-refractivity contribution in [1.82, 2.24) is 10.6 Å². The van der Waals surface area contributed by atoms with Crippen LogP contribution in [-0.2, 0) is 37.7 Å². The molecule has 8 heteroatoms. The van der Waals surface area contributed by atoms with E-state index in [1.165, 1.54) is 0 Å². The molecular weight excluding hydrogens is 544 g/mol. The molecule has 1 fully saturated rings. The third-order valence-electron chi connectivity index (χ3n) is 7.47. The summed E-state index contributed by atoms with van der Waals surface area (Å²) in [6, 6.07) is 36.1. The van der Waals surface area contributed by atoms with E-state index in [0.29, 0.717) is 24.0 Å². The van der Waals surface area contributed by atoms with Gasteiger partial charge in [0.15, 0.2) is 12.2 Å². The van der Waals surface area contributed by atoms with Crippen LogP contribution >= 0.6 is 0 Å². The molecule has 0 radical (unpaired) electrons. The van der Waals surface area contributed by atoms with E-state index < -0.39 is 41.9 Å². The summed E-state index contributed by atoms with van der Waals surface area (Å²) < 4.78 is 13.0. The van der Waals surface area contributed by atoms with Crippen molar-refractivity contribution in [1.29, 1.82) is 0 Å². The van der Waals surface area contributed by atoms with Crippen LogP contribution in [0.2, 0.25) is 0 Å². The van der Waals surface area contributed by atoms with Crippen molar-refractivity contribution < 1.29 is 29.3 Å². The van der Waals surface area contributed by atoms with E-state index in [9.17, 15) is 19.8 Å². The van der Waals surface area contributed by atoms with Crippen LogP contribution in [0.5, 0.6) is 0 Å². The Morgan fingerprint density at radius 2 is 0.907 bits per heavy atom. The van der Waals surface area contributed by atoms with Gasteiger partial charge in [0.1, 0.15) is 0 Å². The van der Waals surface area contributed by atoms with Crippen molar-refractivity contribution in [2.45, 2.75) is 42.9 Å². The van der Waals surface area contributed by atoms with Gasteiger partial charge in [-0.05, 0) is 24.0 Å². The van der Waals surface area contributed by atoms with Crippen LogP contribution in [0.3, 0.4) is 0 Å². The number of amides is 2. The summed E-state index contributed by atoms with van der Waals surface area (Å²) in [6.45, 7) is -0.617. The lowest BCUT2D eigenvalue weighted by Crippen LogP contribution is -2.53. The summed E-state index contributed by atoms with van der Waals surface area (Å²) in [5.41, 5.74) is 3.10. The van der Waals surface area contributed by atoms with Gasteiger partial charge in [0.05, 0.1) is 25.3 Å². The molecule has 0 unspecified atom stereocenters. The fraction of sp³-hybridized carbons (Fsp3) is 0.257. The Kier molecular flexibility index (Phi) is 9.96. The molecule has 2 amide bonds. The van der Waals surface area contributed by atoms with Gasteiger partial charge in [-0.3, -0.25) is 9.59 Å². The molecule has 4 N–H and O–H groups in total. The second-order valence-electron chi connectivity index (χ2n) is 10.6. The van der Waals surface area contributed by atoms with Crippen molar-refractivity contribution in [3.8, 4) is 0 Å². The highest BCUT2D eigenvalue weighted by Crippen LogP contribution is 2.43. The van der Waals surface area contributed by atoms with Gasteiger partial charge in [0.2, 0.25) is 5.79 Å². The van der Waals surface area contributed by atoms with Gasteiger partial charge in [-0.15, -0.1) is 0 Å². The number of hydrogen-bond donors (Lipinski definition) is 4. The normalized spacial score (nSPS) is 18.8. The average molecular weight is 581 g/mol. The van der Waals surface area contributed by atoms with Crippen LogP contribution in [0.1, 0.15) is 22.3 Å². The molecule has 1 heterocycles. The zero-order chi connectivity index (χ0) is 30.1. The van der Waals surface area contributed by atoms with E-state index in [2.05, 4.69) is 10.6 Å². The van der Waals surface area contributed by atoms with Crippen LogP contribution in [0.4, 0.5) is 0 Å². The smallest absolute Gasteiger partial charge is 0.252 e. The largest absolute Gasteiger partial charge is 0.394 e. The van der Waals surface area contributed by atoms with Gasteiger partial charge < -0.3 is 30.3 Å². The zero-order valence-corrected chi connectivity index (χ0v) is 23.7. The minimum atomic E-state index is -1.56. The summed E-state index contributed by atoms with van der Waals surface area (Å²) in [5.74, 6) is -2.74. The van der Waals surface area contributed by atoms with Crippen LogP contribution in [-0.4, -0.2) is 59.5 Å². The maximum absolute atomic E-state index is 13.9. The number of rotatable bonds is 12. The topological polar surface area (TPSA) is 117 Å². The number of ether oxygens (including phenoxy) is 2. The molecular formula is C35H36N2O6. The minimum Gasteiger partial charge on any atom is -0.394 e. The zero-order valence-electron chi connectivity index (χ0n) is 23.7. The third-order valence-corrected chi connectivity index (χ3v) is 7.47. The Morgan fingerprint density at radius 1 is 0.581 bits per heavy atom. The first-order valence-electron chi connectivity index (χ1n) is 14.4. The van der Waals surface area contributed by atoms with E-state index in [4.69, 9.17) is 9.47 Å². The van der Waals surface area contributed by atoms with Crippen molar-refractivity contribution in [2.24, 2.45) is 0 Å². The molecule has 0 aliphatic carbocycles. The summed E-state index contributed by atoms with van der Waals surface area (Å²) in [4.78, 5) is 27.7. The fourth-order valence-electron chi connectivity index (χ4n) is 5.33. The molecule has 0 aromatic heterocycles. The molecule has 43 heavy (non-hydrogen) atoms. The first-order chi connectivity index (χ1) is 21.0. The number of aliphatic hydroxyl groups is 2. The van der Waals surface area contributed by atoms with Crippen LogP contribution < -0.4 is 10.6 Å². The van der Waals surface area contributed by atoms with Gasteiger partial charge >= 0.3 is 0 Å². The molecule has 0 bridgehead atoms. The van der Waals surface area contributed by atoms with Gasteiger partial charge in [-0.1, -0.05) is 121 Å². The van der Waals surface area contributed by atoms with E-state index in [-0.39, 0.29) is 13.2 Å². The molecule has 8 nitrogen and oxygen atoms in total. The molecule has 4 atom stereocenters. The van der Waals surface area contributed by atoms with Gasteiger partial charge in [0, 0.05) is 11.1 Å². The molecule has 1 saturated heterocycles. The third kappa shape index (κ3) is 7.18. The number of aliphatic hydroxyl groups excluding tert-OH is 2. The molecule has 4 aromatic carbocycles. The standard InChI is InChI=1S/C35H36N2O6/c38-23-29(21-25-13-5-1-6-14-25)36-33(40)31-32(34(41)37-30(24-39)22-26-15-7-2-8-16-26)43-35(42-31,27-17-9-3-10-18-27)28-19-11-4-12-20-28/h1-20,29-32,38-39H,21-24H2,(H,36,40)(H,37,41)/t29-,30-,31+,32+/m0/s1. The fourth-order valence-corrected chi connectivity index (χ4v) is 5.33. The van der Waals surface area contributed by atoms with Crippen LogP contribution in [0.15, 0.2) is 121 Å². The minimum absolute atomic E-state index is 0.308. The number of nitrogens with one attached hydrogen (secondary N) is 2. The number of benzene rings is 4. The van der Waals surface area contributed by atoms with Gasteiger partial charge in [-0.2, -0.15) is 0 Å². The lowest BCUT2D eigenvalue weighted by Gasteiger charge is -2.29. The quantitative estimate of drug-likeness (QED) is 0.205. The second-order valence-corrected chi connectivity index (χ2v) is 10.6.